The molecule has 6 rings (SSSR count). The molecule has 220 valence electrons. The summed E-state index contributed by atoms with van der Waals surface area (Å²) in [4.78, 5) is 60.3. The molecule has 3 aromatic carbocycles. The molecule has 0 unspecified atom stereocenters. The second kappa shape index (κ2) is 12.5. The molecule has 2 aliphatic rings. The Kier molecular flexibility index (Phi) is 8.22. The molecular formula is C34H35N5O4. The molecule has 4 N–H and O–H groups in total. The highest BCUT2D eigenvalue weighted by Gasteiger charge is 2.40. The van der Waals surface area contributed by atoms with E-state index in [-0.39, 0.29) is 31.1 Å². The van der Waals surface area contributed by atoms with Crippen molar-refractivity contribution in [3.63, 3.8) is 0 Å². The first-order chi connectivity index (χ1) is 21.0. The third-order valence-electron chi connectivity index (χ3n) is 8.38. The fraction of sp³-hybridized carbons (Fsp3) is 0.294. The lowest BCUT2D eigenvalue weighted by Crippen LogP contribution is -2.62. The predicted octanol–water partition coefficient (Wildman–Crippen LogP) is 2.65. The quantitative estimate of drug-likeness (QED) is 0.281. The number of nitrogens with zero attached hydrogens (tertiary/aromatic N) is 1. The molecule has 9 nitrogen and oxygen atoms in total. The van der Waals surface area contributed by atoms with E-state index in [1.54, 1.807) is 4.90 Å². The summed E-state index contributed by atoms with van der Waals surface area (Å²) in [5, 5.41) is 9.78. The summed E-state index contributed by atoms with van der Waals surface area (Å²) in [6, 6.07) is 23.1. The minimum atomic E-state index is -0.984. The van der Waals surface area contributed by atoms with E-state index in [2.05, 4.69) is 20.9 Å². The number of H-pyrrole nitrogens is 1. The number of fused-ring (bicyclic) bond motifs is 2. The number of aromatic amines is 1. The molecule has 3 heterocycles. The summed E-state index contributed by atoms with van der Waals surface area (Å²) in [6.45, 7) is 0.409. The molecule has 0 aliphatic carbocycles. The van der Waals surface area contributed by atoms with Gasteiger partial charge >= 0.3 is 0 Å². The van der Waals surface area contributed by atoms with Crippen molar-refractivity contribution in [3.8, 4) is 0 Å². The molecule has 43 heavy (non-hydrogen) atoms. The molecule has 4 atom stereocenters. The summed E-state index contributed by atoms with van der Waals surface area (Å²) >= 11 is 0. The standard InChI is InChI=1S/C34H35N5O4/c40-31-27(18-22-10-3-1-4-11-22)37-33(42)30-16-9-17-39(30)34(43)29(19-23-12-5-2-6-13-23)38-32(41)28(36-31)20-24-21-35-26-15-8-7-14-25(24)26/h1-8,10-15,21,27-30,35H,9,16-20H2,(H,36,40)(H,37,42)(H,38,41)/t27-,28+,29+,30+/m0/s1. The summed E-state index contributed by atoms with van der Waals surface area (Å²) in [6.07, 6.45) is 3.70. The van der Waals surface area contributed by atoms with Gasteiger partial charge in [-0.3, -0.25) is 19.2 Å². The summed E-state index contributed by atoms with van der Waals surface area (Å²) in [5.41, 5.74) is 3.53. The lowest BCUT2D eigenvalue weighted by Gasteiger charge is -2.32. The van der Waals surface area contributed by atoms with Crippen molar-refractivity contribution in [3.05, 3.63) is 108 Å². The third-order valence-corrected chi connectivity index (χ3v) is 8.38. The largest absolute Gasteiger partial charge is 0.361 e. The van der Waals surface area contributed by atoms with E-state index in [0.29, 0.717) is 19.4 Å². The van der Waals surface area contributed by atoms with Gasteiger partial charge in [-0.15, -0.1) is 0 Å². The maximum absolute atomic E-state index is 14.0. The van der Waals surface area contributed by atoms with Crippen LogP contribution in [0.25, 0.3) is 10.9 Å². The molecule has 2 aliphatic heterocycles. The Bertz CT molecular complexity index is 1620. The van der Waals surface area contributed by atoms with Gasteiger partial charge in [0.1, 0.15) is 24.2 Å². The van der Waals surface area contributed by atoms with Crippen LogP contribution in [0.4, 0.5) is 0 Å². The van der Waals surface area contributed by atoms with Gasteiger partial charge in [-0.2, -0.15) is 0 Å². The summed E-state index contributed by atoms with van der Waals surface area (Å²) < 4.78 is 0. The third kappa shape index (κ3) is 6.30. The van der Waals surface area contributed by atoms with Crippen LogP contribution in [0, 0.1) is 0 Å². The van der Waals surface area contributed by atoms with Gasteiger partial charge in [0.15, 0.2) is 0 Å². The van der Waals surface area contributed by atoms with Crippen molar-refractivity contribution in [1.29, 1.82) is 0 Å². The SMILES string of the molecule is O=C1N[C@H](Cc2c[nH]c3ccccc23)C(=O)N[C@H](Cc2ccccc2)C(=O)N2CCC[C@@H]2C(=O)N[C@H]1Cc1ccccc1. The average Bonchev–Trinajstić information content (AvgIpc) is 3.68. The van der Waals surface area contributed by atoms with Crippen molar-refractivity contribution in [2.24, 2.45) is 0 Å². The van der Waals surface area contributed by atoms with E-state index < -0.39 is 36.0 Å². The number of aromatic nitrogens is 1. The molecule has 0 radical (unpaired) electrons. The maximum atomic E-state index is 14.0. The fourth-order valence-corrected chi connectivity index (χ4v) is 6.15. The van der Waals surface area contributed by atoms with Crippen LogP contribution >= 0.6 is 0 Å². The number of amides is 4. The Morgan fingerprint density at radius 1 is 0.628 bits per heavy atom. The number of benzene rings is 3. The zero-order valence-corrected chi connectivity index (χ0v) is 23.8. The molecule has 0 spiro atoms. The monoisotopic (exact) mass is 577 g/mol. The molecule has 0 bridgehead atoms. The van der Waals surface area contributed by atoms with Gasteiger partial charge in [-0.05, 0) is 35.6 Å². The van der Waals surface area contributed by atoms with Crippen molar-refractivity contribution in [2.75, 3.05) is 6.54 Å². The van der Waals surface area contributed by atoms with Crippen LogP contribution in [-0.4, -0.2) is 64.2 Å². The van der Waals surface area contributed by atoms with E-state index >= 15 is 0 Å². The Hall–Kier alpha value is -4.92. The van der Waals surface area contributed by atoms with Crippen LogP contribution in [0.3, 0.4) is 0 Å². The molecule has 4 amide bonds. The number of hydrogen-bond donors (Lipinski definition) is 4. The van der Waals surface area contributed by atoms with Crippen molar-refractivity contribution in [1.82, 2.24) is 25.8 Å². The second-order valence-electron chi connectivity index (χ2n) is 11.3. The lowest BCUT2D eigenvalue weighted by atomic mass is 9.99. The van der Waals surface area contributed by atoms with Gasteiger partial charge in [-0.25, -0.2) is 0 Å². The van der Waals surface area contributed by atoms with Crippen LogP contribution in [0.2, 0.25) is 0 Å². The molecule has 9 heteroatoms. The molecule has 4 aromatic rings. The maximum Gasteiger partial charge on any atom is 0.246 e. The van der Waals surface area contributed by atoms with Gasteiger partial charge in [-0.1, -0.05) is 78.9 Å². The Morgan fingerprint density at radius 3 is 1.88 bits per heavy atom. The first kappa shape index (κ1) is 28.2. The van der Waals surface area contributed by atoms with E-state index in [9.17, 15) is 19.2 Å². The van der Waals surface area contributed by atoms with E-state index in [1.807, 2.05) is 91.1 Å². The Balaban J connectivity index is 1.36. The first-order valence-corrected chi connectivity index (χ1v) is 14.8. The van der Waals surface area contributed by atoms with Gasteiger partial charge in [0, 0.05) is 42.9 Å². The summed E-state index contributed by atoms with van der Waals surface area (Å²) in [5.74, 6) is -1.56. The molecular weight excluding hydrogens is 542 g/mol. The number of hydrogen-bond acceptors (Lipinski definition) is 4. The van der Waals surface area contributed by atoms with Gasteiger partial charge in [0.05, 0.1) is 0 Å². The Labute approximate surface area is 250 Å². The number of carbonyl (C=O) groups excluding carboxylic acids is 4. The Morgan fingerprint density at radius 2 is 1.19 bits per heavy atom. The van der Waals surface area contributed by atoms with Gasteiger partial charge in [0.2, 0.25) is 23.6 Å². The summed E-state index contributed by atoms with van der Waals surface area (Å²) in [7, 11) is 0. The van der Waals surface area contributed by atoms with Gasteiger partial charge in [0.25, 0.3) is 0 Å². The van der Waals surface area contributed by atoms with Crippen molar-refractivity contribution < 1.29 is 19.2 Å². The number of nitrogens with one attached hydrogen (secondary N) is 4. The van der Waals surface area contributed by atoms with Crippen LogP contribution in [0.5, 0.6) is 0 Å². The first-order valence-electron chi connectivity index (χ1n) is 14.8. The van der Waals surface area contributed by atoms with Crippen LogP contribution in [0.15, 0.2) is 91.1 Å². The van der Waals surface area contributed by atoms with E-state index in [4.69, 9.17) is 0 Å². The molecule has 1 aromatic heterocycles. The van der Waals surface area contributed by atoms with Crippen LogP contribution < -0.4 is 16.0 Å². The highest BCUT2D eigenvalue weighted by Crippen LogP contribution is 2.22. The highest BCUT2D eigenvalue weighted by molar-refractivity contribution is 5.98. The van der Waals surface area contributed by atoms with E-state index in [1.165, 1.54) is 0 Å². The molecule has 0 saturated carbocycles. The average molecular weight is 578 g/mol. The topological polar surface area (TPSA) is 123 Å². The van der Waals surface area contributed by atoms with Crippen LogP contribution in [-0.2, 0) is 38.4 Å². The minimum absolute atomic E-state index is 0.201. The number of carbonyl (C=O) groups is 4. The van der Waals surface area contributed by atoms with Crippen LogP contribution in [0.1, 0.15) is 29.5 Å². The smallest absolute Gasteiger partial charge is 0.246 e. The fourth-order valence-electron chi connectivity index (χ4n) is 6.15. The second-order valence-corrected chi connectivity index (χ2v) is 11.3. The minimum Gasteiger partial charge on any atom is -0.361 e. The molecule has 2 fully saturated rings. The predicted molar refractivity (Wildman–Crippen MR) is 163 cm³/mol. The number of para-hydroxylation sites is 1. The highest BCUT2D eigenvalue weighted by atomic mass is 16.2. The van der Waals surface area contributed by atoms with Crippen molar-refractivity contribution >= 4 is 34.5 Å². The van der Waals surface area contributed by atoms with Crippen molar-refractivity contribution in [2.45, 2.75) is 56.3 Å². The molecule has 2 saturated heterocycles. The lowest BCUT2D eigenvalue weighted by molar-refractivity contribution is -0.143. The number of rotatable bonds is 6. The van der Waals surface area contributed by atoms with E-state index in [0.717, 1.165) is 27.6 Å². The van der Waals surface area contributed by atoms with Gasteiger partial charge < -0.3 is 25.8 Å². The normalized spacial score (nSPS) is 23.1. The zero-order chi connectivity index (χ0) is 29.8. The zero-order valence-electron chi connectivity index (χ0n) is 23.8.